The predicted molar refractivity (Wildman–Crippen MR) is 78.8 cm³/mol. The lowest BCUT2D eigenvalue weighted by Gasteiger charge is -1.99. The molecule has 0 atom stereocenters. The number of hydrogen-bond donors (Lipinski definition) is 1. The van der Waals surface area contributed by atoms with E-state index in [-0.39, 0.29) is 0 Å². The molecule has 1 N–H and O–H groups in total. The van der Waals surface area contributed by atoms with Crippen LogP contribution in [0.2, 0.25) is 5.02 Å². The molecule has 3 aromatic rings. The summed E-state index contributed by atoms with van der Waals surface area (Å²) in [5, 5.41) is 4.97. The average Bonchev–Trinajstić information content (AvgIpc) is 2.93. The summed E-state index contributed by atoms with van der Waals surface area (Å²) in [6.07, 6.45) is 0. The molecule has 0 radical (unpaired) electrons. The Morgan fingerprint density at radius 3 is 3.00 bits per heavy atom. The van der Waals surface area contributed by atoms with Crippen molar-refractivity contribution in [3.63, 3.8) is 0 Å². The zero-order valence-corrected chi connectivity index (χ0v) is 12.0. The van der Waals surface area contributed by atoms with E-state index in [1.807, 2.05) is 30.6 Å². The highest BCUT2D eigenvalue weighted by Crippen LogP contribution is 2.32. The molecule has 0 aliphatic heterocycles. The van der Waals surface area contributed by atoms with Crippen LogP contribution >= 0.6 is 34.3 Å². The number of hydrogen-bond acceptors (Lipinski definition) is 5. The van der Waals surface area contributed by atoms with E-state index in [2.05, 4.69) is 15.3 Å². The van der Waals surface area contributed by atoms with Gasteiger partial charge in [0.1, 0.15) is 0 Å². The highest BCUT2D eigenvalue weighted by Gasteiger charge is 2.07. The second-order valence-electron chi connectivity index (χ2n) is 3.82. The van der Waals surface area contributed by atoms with Gasteiger partial charge in [0.05, 0.1) is 33.0 Å². The van der Waals surface area contributed by atoms with Crippen molar-refractivity contribution in [2.24, 2.45) is 0 Å². The number of benzene rings is 1. The molecule has 18 heavy (non-hydrogen) atoms. The number of aryl methyl sites for hydroxylation is 1. The molecule has 0 spiro atoms. The minimum atomic E-state index is 0.757. The topological polar surface area (TPSA) is 37.8 Å². The molecule has 1 aromatic carbocycles. The number of halogens is 1. The van der Waals surface area contributed by atoms with Crippen LogP contribution in [0.5, 0.6) is 0 Å². The first-order valence-corrected chi connectivity index (χ1v) is 7.49. The molecule has 0 aliphatic rings. The summed E-state index contributed by atoms with van der Waals surface area (Å²) in [6.45, 7) is 2.77. The fourth-order valence-electron chi connectivity index (χ4n) is 1.64. The number of fused-ring (bicyclic) bond motifs is 1. The first kappa shape index (κ1) is 11.9. The van der Waals surface area contributed by atoms with Crippen LogP contribution in [0.15, 0.2) is 23.7 Å². The summed E-state index contributed by atoms with van der Waals surface area (Å²) in [6, 6.07) is 5.78. The van der Waals surface area contributed by atoms with Crippen LogP contribution in [0.3, 0.4) is 0 Å². The average molecular weight is 296 g/mol. The van der Waals surface area contributed by atoms with Gasteiger partial charge in [-0.3, -0.25) is 0 Å². The van der Waals surface area contributed by atoms with Gasteiger partial charge in [0.25, 0.3) is 0 Å². The molecule has 2 heterocycles. The Balaban J connectivity index is 1.83. The zero-order chi connectivity index (χ0) is 12.5. The Bertz CT molecular complexity index is 690. The van der Waals surface area contributed by atoms with Crippen molar-refractivity contribution in [1.82, 2.24) is 9.97 Å². The second-order valence-corrected chi connectivity index (χ2v) is 6.17. The summed E-state index contributed by atoms with van der Waals surface area (Å²) in [7, 11) is 0. The van der Waals surface area contributed by atoms with Crippen LogP contribution in [-0.4, -0.2) is 9.97 Å². The molecular weight excluding hydrogens is 286 g/mol. The number of rotatable bonds is 3. The number of aromatic nitrogens is 2. The number of nitrogens with zero attached hydrogens (tertiary/aromatic N) is 2. The van der Waals surface area contributed by atoms with E-state index in [9.17, 15) is 0 Å². The van der Waals surface area contributed by atoms with Gasteiger partial charge in [0, 0.05) is 4.88 Å². The third-order valence-electron chi connectivity index (χ3n) is 2.61. The summed E-state index contributed by atoms with van der Waals surface area (Å²) in [4.78, 5) is 9.97. The van der Waals surface area contributed by atoms with E-state index in [1.165, 1.54) is 4.88 Å². The highest BCUT2D eigenvalue weighted by atomic mass is 35.5. The molecular formula is C12H10ClN3S2. The van der Waals surface area contributed by atoms with Gasteiger partial charge < -0.3 is 5.32 Å². The molecule has 0 saturated carbocycles. The number of anilines is 1. The molecule has 3 rings (SSSR count). The van der Waals surface area contributed by atoms with Gasteiger partial charge in [-0.15, -0.1) is 11.3 Å². The maximum Gasteiger partial charge on any atom is 0.184 e. The smallest absolute Gasteiger partial charge is 0.184 e. The third-order valence-corrected chi connectivity index (χ3v) is 5.04. The lowest BCUT2D eigenvalue weighted by molar-refractivity contribution is 1.12. The fourth-order valence-corrected chi connectivity index (χ4v) is 3.51. The maximum atomic E-state index is 6.13. The van der Waals surface area contributed by atoms with Gasteiger partial charge >= 0.3 is 0 Å². The van der Waals surface area contributed by atoms with E-state index in [0.717, 1.165) is 32.6 Å². The first-order chi connectivity index (χ1) is 8.74. The van der Waals surface area contributed by atoms with Gasteiger partial charge in [-0.1, -0.05) is 29.0 Å². The van der Waals surface area contributed by atoms with Crippen LogP contribution in [0.25, 0.3) is 10.2 Å². The molecule has 0 amide bonds. The largest absolute Gasteiger partial charge is 0.357 e. The van der Waals surface area contributed by atoms with Gasteiger partial charge in [0.2, 0.25) is 0 Å². The van der Waals surface area contributed by atoms with E-state index in [1.54, 1.807) is 22.7 Å². The Morgan fingerprint density at radius 1 is 1.39 bits per heavy atom. The Labute approximate surface area is 117 Å². The molecule has 0 fully saturated rings. The molecule has 0 unspecified atom stereocenters. The normalized spacial score (nSPS) is 11.0. The molecule has 2 aromatic heterocycles. The molecule has 92 valence electrons. The minimum Gasteiger partial charge on any atom is -0.357 e. The van der Waals surface area contributed by atoms with Crippen LogP contribution in [0.4, 0.5) is 5.13 Å². The standard InChI is InChI=1S/C12H10ClN3S2/c1-7-10(17-6-15-7)5-14-12-16-9-4-2-3-8(13)11(9)18-12/h2-4,6H,5H2,1H3,(H,14,16). The van der Waals surface area contributed by atoms with Crippen molar-refractivity contribution in [2.45, 2.75) is 13.5 Å². The van der Waals surface area contributed by atoms with Crippen LogP contribution in [0, 0.1) is 6.92 Å². The van der Waals surface area contributed by atoms with Crippen LogP contribution in [-0.2, 0) is 6.54 Å². The van der Waals surface area contributed by atoms with E-state index in [0.29, 0.717) is 0 Å². The fraction of sp³-hybridized carbons (Fsp3) is 0.167. The lowest BCUT2D eigenvalue weighted by Crippen LogP contribution is -1.98. The third kappa shape index (κ3) is 2.21. The van der Waals surface area contributed by atoms with Crippen molar-refractivity contribution in [3.05, 3.63) is 39.3 Å². The van der Waals surface area contributed by atoms with Gasteiger partial charge in [-0.25, -0.2) is 9.97 Å². The Kier molecular flexibility index (Phi) is 3.20. The van der Waals surface area contributed by atoms with Gasteiger partial charge in [0.15, 0.2) is 5.13 Å². The summed E-state index contributed by atoms with van der Waals surface area (Å²) < 4.78 is 1.03. The zero-order valence-electron chi connectivity index (χ0n) is 9.61. The summed E-state index contributed by atoms with van der Waals surface area (Å²) >= 11 is 9.37. The van der Waals surface area contributed by atoms with Crippen LogP contribution < -0.4 is 5.32 Å². The summed E-state index contributed by atoms with van der Waals surface area (Å²) in [5.41, 5.74) is 3.88. The molecule has 3 nitrogen and oxygen atoms in total. The van der Waals surface area contributed by atoms with Gasteiger partial charge in [-0.05, 0) is 19.1 Å². The second kappa shape index (κ2) is 4.84. The monoisotopic (exact) mass is 295 g/mol. The van der Waals surface area contributed by atoms with Crippen molar-refractivity contribution in [2.75, 3.05) is 5.32 Å². The number of nitrogens with one attached hydrogen (secondary N) is 1. The van der Waals surface area contributed by atoms with Crippen molar-refractivity contribution >= 4 is 49.6 Å². The van der Waals surface area contributed by atoms with Crippen molar-refractivity contribution in [3.8, 4) is 0 Å². The quantitative estimate of drug-likeness (QED) is 0.781. The van der Waals surface area contributed by atoms with Crippen molar-refractivity contribution < 1.29 is 0 Å². The first-order valence-electron chi connectivity index (χ1n) is 5.42. The Hall–Kier alpha value is -1.17. The van der Waals surface area contributed by atoms with Crippen molar-refractivity contribution in [1.29, 1.82) is 0 Å². The summed E-state index contributed by atoms with van der Waals surface area (Å²) in [5.74, 6) is 0. The molecule has 0 aliphatic carbocycles. The van der Waals surface area contributed by atoms with Gasteiger partial charge in [-0.2, -0.15) is 0 Å². The van der Waals surface area contributed by atoms with E-state index >= 15 is 0 Å². The van der Waals surface area contributed by atoms with E-state index < -0.39 is 0 Å². The van der Waals surface area contributed by atoms with Crippen LogP contribution in [0.1, 0.15) is 10.6 Å². The molecule has 0 saturated heterocycles. The maximum absolute atomic E-state index is 6.13. The van der Waals surface area contributed by atoms with E-state index in [4.69, 9.17) is 11.6 Å². The molecule has 6 heteroatoms. The number of thiazole rings is 2. The Morgan fingerprint density at radius 2 is 2.28 bits per heavy atom. The predicted octanol–water partition coefficient (Wildman–Crippen LogP) is 4.33. The SMILES string of the molecule is Cc1ncsc1CNc1nc2cccc(Cl)c2s1. The molecule has 0 bridgehead atoms. The highest BCUT2D eigenvalue weighted by molar-refractivity contribution is 7.22. The lowest BCUT2D eigenvalue weighted by atomic mass is 10.3. The minimum absolute atomic E-state index is 0.757.